The second-order valence-electron chi connectivity index (χ2n) is 7.76. The van der Waals surface area contributed by atoms with Crippen molar-refractivity contribution >= 4 is 5.82 Å². The molecule has 1 aromatic carbocycles. The summed E-state index contributed by atoms with van der Waals surface area (Å²) in [5.74, 6) is -0.518. The molecule has 2 aromatic rings. The first-order valence-electron chi connectivity index (χ1n) is 9.49. The minimum Gasteiger partial charge on any atom is -0.507 e. The van der Waals surface area contributed by atoms with Gasteiger partial charge in [-0.25, -0.2) is 0 Å². The van der Waals surface area contributed by atoms with E-state index in [9.17, 15) is 23.1 Å². The molecule has 4 rings (SSSR count). The van der Waals surface area contributed by atoms with E-state index < -0.39 is 23.0 Å². The van der Waals surface area contributed by atoms with E-state index in [1.807, 2.05) is 0 Å². The number of phenolic OH excluding ortho intramolecular Hbond substituents is 1. The van der Waals surface area contributed by atoms with Gasteiger partial charge in [0.1, 0.15) is 5.75 Å². The minimum atomic E-state index is -4.58. The molecule has 2 N–H and O–H groups in total. The third-order valence-corrected chi connectivity index (χ3v) is 6.13. The van der Waals surface area contributed by atoms with Crippen molar-refractivity contribution in [1.82, 2.24) is 19.7 Å². The van der Waals surface area contributed by atoms with Crippen molar-refractivity contribution in [2.45, 2.75) is 50.0 Å². The average molecular weight is 409 g/mol. The maximum Gasteiger partial charge on any atom is 0.416 e. The molecule has 2 saturated heterocycles. The highest BCUT2D eigenvalue weighted by atomic mass is 19.4. The third-order valence-electron chi connectivity index (χ3n) is 6.13. The van der Waals surface area contributed by atoms with Crippen LogP contribution in [0.2, 0.25) is 0 Å². The molecular weight excluding hydrogens is 387 g/mol. The fraction of sp³-hybridized carbons (Fsp3) is 0.526. The zero-order valence-corrected chi connectivity index (χ0v) is 16.1. The van der Waals surface area contributed by atoms with Gasteiger partial charge in [0.05, 0.1) is 11.1 Å². The summed E-state index contributed by atoms with van der Waals surface area (Å²) < 4.78 is 39.6. The second kappa shape index (κ2) is 7.01. The first-order valence-corrected chi connectivity index (χ1v) is 9.49. The zero-order valence-electron chi connectivity index (χ0n) is 16.1. The molecular formula is C19H22F3N5O2. The van der Waals surface area contributed by atoms with Crippen molar-refractivity contribution in [2.24, 2.45) is 7.05 Å². The van der Waals surface area contributed by atoms with Crippen LogP contribution in [-0.2, 0) is 13.2 Å². The van der Waals surface area contributed by atoms with Gasteiger partial charge >= 0.3 is 6.18 Å². The number of alkyl halides is 3. The van der Waals surface area contributed by atoms with Crippen LogP contribution < -0.4 is 10.9 Å². The predicted molar refractivity (Wildman–Crippen MR) is 101 cm³/mol. The molecule has 0 radical (unpaired) electrons. The van der Waals surface area contributed by atoms with E-state index in [2.05, 4.69) is 27.5 Å². The number of rotatable bonds is 3. The van der Waals surface area contributed by atoms with Gasteiger partial charge in [-0.15, -0.1) is 10.2 Å². The van der Waals surface area contributed by atoms with Crippen molar-refractivity contribution in [3.63, 3.8) is 0 Å². The Morgan fingerprint density at radius 3 is 2.55 bits per heavy atom. The number of piperidine rings is 1. The molecule has 156 valence electrons. The first-order chi connectivity index (χ1) is 13.7. The van der Waals surface area contributed by atoms with Crippen LogP contribution in [0.5, 0.6) is 5.75 Å². The van der Waals surface area contributed by atoms with E-state index in [0.717, 1.165) is 37.8 Å². The summed E-state index contributed by atoms with van der Waals surface area (Å²) in [6.07, 6.45) is -0.380. The van der Waals surface area contributed by atoms with E-state index >= 15 is 0 Å². The molecule has 2 bridgehead atoms. The lowest BCUT2D eigenvalue weighted by Crippen LogP contribution is -2.49. The van der Waals surface area contributed by atoms with E-state index in [4.69, 9.17) is 0 Å². The van der Waals surface area contributed by atoms with E-state index in [1.165, 1.54) is 11.6 Å². The summed E-state index contributed by atoms with van der Waals surface area (Å²) in [6.45, 7) is 0. The van der Waals surface area contributed by atoms with Crippen molar-refractivity contribution in [2.75, 3.05) is 12.4 Å². The van der Waals surface area contributed by atoms with Gasteiger partial charge in [-0.3, -0.25) is 14.3 Å². The maximum absolute atomic E-state index is 12.8. The largest absolute Gasteiger partial charge is 0.507 e. The maximum atomic E-state index is 12.8. The third kappa shape index (κ3) is 3.45. The Balaban J connectivity index is 1.62. The molecule has 3 heterocycles. The van der Waals surface area contributed by atoms with Gasteiger partial charge < -0.3 is 10.4 Å². The normalized spacial score (nSPS) is 24.7. The number of aromatic nitrogens is 3. The lowest BCUT2D eigenvalue weighted by Gasteiger charge is -2.37. The zero-order chi connectivity index (χ0) is 20.9. The molecule has 0 aliphatic carbocycles. The van der Waals surface area contributed by atoms with Gasteiger partial charge in [-0.2, -0.15) is 13.2 Å². The number of aromatic hydroxyl groups is 1. The van der Waals surface area contributed by atoms with E-state index in [-0.39, 0.29) is 23.2 Å². The van der Waals surface area contributed by atoms with Crippen LogP contribution in [0.1, 0.15) is 31.2 Å². The fourth-order valence-corrected chi connectivity index (χ4v) is 4.47. The van der Waals surface area contributed by atoms with Crippen LogP contribution in [0.3, 0.4) is 0 Å². The van der Waals surface area contributed by atoms with E-state index in [0.29, 0.717) is 18.2 Å². The monoisotopic (exact) mass is 409 g/mol. The number of nitrogens with one attached hydrogen (secondary N) is 1. The summed E-state index contributed by atoms with van der Waals surface area (Å²) in [6, 6.07) is 3.55. The second-order valence-corrected chi connectivity index (χ2v) is 7.76. The highest BCUT2D eigenvalue weighted by Gasteiger charge is 2.40. The number of hydrogen-bond acceptors (Lipinski definition) is 6. The summed E-state index contributed by atoms with van der Waals surface area (Å²) in [4.78, 5) is 15.1. The van der Waals surface area contributed by atoms with Gasteiger partial charge in [0.25, 0.3) is 5.56 Å². The van der Waals surface area contributed by atoms with Gasteiger partial charge in [-0.1, -0.05) is 0 Å². The van der Waals surface area contributed by atoms with Gasteiger partial charge in [0.15, 0.2) is 5.82 Å². The Hall–Kier alpha value is -2.62. The highest BCUT2D eigenvalue weighted by Crippen LogP contribution is 2.36. The summed E-state index contributed by atoms with van der Waals surface area (Å²) in [5.41, 5.74) is -1.42. The number of anilines is 1. The molecule has 1 aromatic heterocycles. The Labute approximate surface area is 165 Å². The number of benzene rings is 1. The standard InChI is InChI=1S/C19H22F3N5O2/c1-26-11-4-7-13(14(26)8-5-11)23-16-18(29)27(2)17(25-24-16)12-6-3-10(9-15(12)28)19(20,21)22/h3,6,9,11,13-14,28H,4-5,7-8H2,1-2H3,(H,23,24)/t11?,13-,14?/m1/s1. The predicted octanol–water partition coefficient (Wildman–Crippen LogP) is 2.60. The fourth-order valence-electron chi connectivity index (χ4n) is 4.47. The highest BCUT2D eigenvalue weighted by molar-refractivity contribution is 5.65. The van der Waals surface area contributed by atoms with Gasteiger partial charge in [0.2, 0.25) is 5.82 Å². The molecule has 2 fully saturated rings. The quantitative estimate of drug-likeness (QED) is 0.811. The Morgan fingerprint density at radius 2 is 1.86 bits per heavy atom. The SMILES string of the molecule is CN1C2CCC1[C@H](Nc1nnc(-c3ccc(C(F)(F)F)cc3O)n(C)c1=O)CC2. The average Bonchev–Trinajstić information content (AvgIpc) is 2.89. The number of nitrogens with zero attached hydrogens (tertiary/aromatic N) is 4. The van der Waals surface area contributed by atoms with Crippen molar-refractivity contribution < 1.29 is 18.3 Å². The van der Waals surface area contributed by atoms with Gasteiger partial charge in [0, 0.05) is 25.2 Å². The smallest absolute Gasteiger partial charge is 0.416 e. The van der Waals surface area contributed by atoms with Crippen LogP contribution in [0, 0.1) is 0 Å². The Morgan fingerprint density at radius 1 is 1.14 bits per heavy atom. The van der Waals surface area contributed by atoms with Crippen LogP contribution in [0.4, 0.5) is 19.0 Å². The number of hydrogen-bond donors (Lipinski definition) is 2. The summed E-state index contributed by atoms with van der Waals surface area (Å²) in [7, 11) is 3.55. The van der Waals surface area contributed by atoms with Crippen molar-refractivity contribution in [1.29, 1.82) is 0 Å². The number of phenols is 1. The Bertz CT molecular complexity index is 991. The van der Waals surface area contributed by atoms with Crippen molar-refractivity contribution in [3.05, 3.63) is 34.1 Å². The van der Waals surface area contributed by atoms with Crippen LogP contribution >= 0.6 is 0 Å². The lowest BCUT2D eigenvalue weighted by molar-refractivity contribution is -0.137. The molecule has 2 aliphatic heterocycles. The topological polar surface area (TPSA) is 83.3 Å². The molecule has 0 spiro atoms. The molecule has 29 heavy (non-hydrogen) atoms. The van der Waals surface area contributed by atoms with Crippen LogP contribution in [-0.4, -0.2) is 49.9 Å². The number of fused-ring (bicyclic) bond motifs is 2. The molecule has 7 nitrogen and oxygen atoms in total. The van der Waals surface area contributed by atoms with Crippen molar-refractivity contribution in [3.8, 4) is 17.1 Å². The number of halogens is 3. The molecule has 2 unspecified atom stereocenters. The summed E-state index contributed by atoms with van der Waals surface area (Å²) >= 11 is 0. The lowest BCUT2D eigenvalue weighted by atomic mass is 9.98. The molecule has 10 heteroatoms. The van der Waals surface area contributed by atoms with E-state index in [1.54, 1.807) is 0 Å². The van der Waals surface area contributed by atoms with Gasteiger partial charge in [-0.05, 0) is 50.9 Å². The molecule has 0 saturated carbocycles. The first kappa shape index (κ1) is 19.7. The minimum absolute atomic E-state index is 0.00605. The summed E-state index contributed by atoms with van der Waals surface area (Å²) in [5, 5.41) is 21.2. The Kier molecular flexibility index (Phi) is 4.76. The molecule has 0 amide bonds. The van der Waals surface area contributed by atoms with Crippen LogP contribution in [0.15, 0.2) is 23.0 Å². The molecule has 3 atom stereocenters. The number of likely N-dealkylation sites (N-methyl/N-ethyl adjacent to an activating group) is 1. The molecule has 2 aliphatic rings. The van der Waals surface area contributed by atoms with Crippen LogP contribution in [0.25, 0.3) is 11.4 Å².